The molecular formula is C19H20N4O2. The number of carbonyl (C=O) groups excluding carboxylic acids is 1. The van der Waals surface area contributed by atoms with Gasteiger partial charge in [-0.25, -0.2) is 4.79 Å². The van der Waals surface area contributed by atoms with E-state index < -0.39 is 5.97 Å². The van der Waals surface area contributed by atoms with Gasteiger partial charge in [0.1, 0.15) is 0 Å². The Kier molecular flexibility index (Phi) is 4.09. The SMILES string of the molecule is COC(=O)c1ccncc1Nc1nn(CCC2CC2)c2ccccc12. The first-order valence-electron chi connectivity index (χ1n) is 8.51. The van der Waals surface area contributed by atoms with Gasteiger partial charge in [-0.15, -0.1) is 0 Å². The summed E-state index contributed by atoms with van der Waals surface area (Å²) in [6.45, 7) is 0.907. The maximum atomic E-state index is 12.0. The van der Waals surface area contributed by atoms with Crippen LogP contribution < -0.4 is 5.32 Å². The normalized spacial score (nSPS) is 13.8. The van der Waals surface area contributed by atoms with Gasteiger partial charge in [-0.05, 0) is 30.5 Å². The molecule has 4 rings (SSSR count). The number of ether oxygens (including phenoxy) is 1. The number of benzene rings is 1. The van der Waals surface area contributed by atoms with Crippen molar-refractivity contribution >= 4 is 28.4 Å². The molecular weight excluding hydrogens is 316 g/mol. The van der Waals surface area contributed by atoms with E-state index >= 15 is 0 Å². The average Bonchev–Trinajstić information content (AvgIpc) is 3.42. The summed E-state index contributed by atoms with van der Waals surface area (Å²) >= 11 is 0. The highest BCUT2D eigenvalue weighted by atomic mass is 16.5. The fourth-order valence-corrected chi connectivity index (χ4v) is 3.01. The first-order valence-corrected chi connectivity index (χ1v) is 8.51. The summed E-state index contributed by atoms with van der Waals surface area (Å²) in [5.74, 6) is 1.18. The van der Waals surface area contributed by atoms with Crippen molar-refractivity contribution in [1.29, 1.82) is 0 Å². The van der Waals surface area contributed by atoms with Crippen molar-refractivity contribution in [3.8, 4) is 0 Å². The predicted octanol–water partition coefficient (Wildman–Crippen LogP) is 3.76. The number of nitrogens with zero attached hydrogens (tertiary/aromatic N) is 3. The molecule has 2 heterocycles. The van der Waals surface area contributed by atoms with Gasteiger partial charge in [0.15, 0.2) is 5.82 Å². The topological polar surface area (TPSA) is 69.0 Å². The van der Waals surface area contributed by atoms with E-state index in [-0.39, 0.29) is 0 Å². The fourth-order valence-electron chi connectivity index (χ4n) is 3.01. The van der Waals surface area contributed by atoms with Crippen LogP contribution in [0.1, 0.15) is 29.6 Å². The molecule has 0 aliphatic heterocycles. The zero-order chi connectivity index (χ0) is 17.2. The van der Waals surface area contributed by atoms with Crippen LogP contribution in [0.5, 0.6) is 0 Å². The minimum atomic E-state index is -0.401. The Bertz CT molecular complexity index is 915. The summed E-state index contributed by atoms with van der Waals surface area (Å²) in [5.41, 5.74) is 2.12. The van der Waals surface area contributed by atoms with E-state index in [4.69, 9.17) is 9.84 Å². The Balaban J connectivity index is 1.68. The molecule has 0 spiro atoms. The molecule has 3 aromatic rings. The van der Waals surface area contributed by atoms with E-state index in [2.05, 4.69) is 16.4 Å². The molecule has 1 N–H and O–H groups in total. The first kappa shape index (κ1) is 15.6. The van der Waals surface area contributed by atoms with Crippen LogP contribution in [0.4, 0.5) is 11.5 Å². The predicted molar refractivity (Wildman–Crippen MR) is 95.9 cm³/mol. The van der Waals surface area contributed by atoms with Crippen LogP contribution >= 0.6 is 0 Å². The monoisotopic (exact) mass is 336 g/mol. The van der Waals surface area contributed by atoms with Gasteiger partial charge in [-0.1, -0.05) is 25.0 Å². The molecule has 0 saturated heterocycles. The van der Waals surface area contributed by atoms with Crippen molar-refractivity contribution in [1.82, 2.24) is 14.8 Å². The molecule has 1 aliphatic carbocycles. The molecule has 1 fully saturated rings. The number of aryl methyl sites for hydroxylation is 1. The van der Waals surface area contributed by atoms with Crippen molar-refractivity contribution in [3.05, 3.63) is 48.3 Å². The van der Waals surface area contributed by atoms with Crippen molar-refractivity contribution in [2.75, 3.05) is 12.4 Å². The highest BCUT2D eigenvalue weighted by molar-refractivity contribution is 5.98. The minimum Gasteiger partial charge on any atom is -0.465 e. The summed E-state index contributed by atoms with van der Waals surface area (Å²) in [6, 6.07) is 9.76. The fraction of sp³-hybridized carbons (Fsp3) is 0.316. The molecule has 1 aliphatic rings. The van der Waals surface area contributed by atoms with E-state index in [1.54, 1.807) is 18.5 Å². The van der Waals surface area contributed by atoms with E-state index in [1.807, 2.05) is 22.9 Å². The number of aromatic nitrogens is 3. The second-order valence-electron chi connectivity index (χ2n) is 6.36. The highest BCUT2D eigenvalue weighted by Crippen LogP contribution is 2.34. The molecule has 0 unspecified atom stereocenters. The number of methoxy groups -OCH3 is 1. The van der Waals surface area contributed by atoms with Gasteiger partial charge in [0, 0.05) is 18.1 Å². The lowest BCUT2D eigenvalue weighted by Gasteiger charge is -2.08. The van der Waals surface area contributed by atoms with E-state index in [0.717, 1.165) is 35.6 Å². The summed E-state index contributed by atoms with van der Waals surface area (Å²) in [4.78, 5) is 16.1. The molecule has 0 bridgehead atoms. The molecule has 0 amide bonds. The second-order valence-corrected chi connectivity index (χ2v) is 6.36. The van der Waals surface area contributed by atoms with E-state index in [0.29, 0.717) is 11.3 Å². The van der Waals surface area contributed by atoms with Crippen molar-refractivity contribution in [2.45, 2.75) is 25.8 Å². The number of anilines is 2. The Labute approximate surface area is 145 Å². The van der Waals surface area contributed by atoms with Crippen LogP contribution in [0, 0.1) is 5.92 Å². The number of hydrogen-bond donors (Lipinski definition) is 1. The lowest BCUT2D eigenvalue weighted by atomic mass is 10.2. The molecule has 0 radical (unpaired) electrons. The Morgan fingerprint density at radius 2 is 2.16 bits per heavy atom. The number of rotatable bonds is 6. The average molecular weight is 336 g/mol. The van der Waals surface area contributed by atoms with Gasteiger partial charge in [-0.2, -0.15) is 5.10 Å². The number of hydrogen-bond acceptors (Lipinski definition) is 5. The van der Waals surface area contributed by atoms with Crippen molar-refractivity contribution in [3.63, 3.8) is 0 Å². The van der Waals surface area contributed by atoms with Gasteiger partial charge in [-0.3, -0.25) is 9.67 Å². The quantitative estimate of drug-likeness (QED) is 0.694. The first-order chi connectivity index (χ1) is 12.3. The summed E-state index contributed by atoms with van der Waals surface area (Å²) in [5, 5.41) is 9.02. The lowest BCUT2D eigenvalue weighted by molar-refractivity contribution is 0.0602. The number of nitrogens with one attached hydrogen (secondary N) is 1. The number of carbonyl (C=O) groups is 1. The standard InChI is InChI=1S/C19H20N4O2/c1-25-19(24)14-8-10-20-12-16(14)21-18-15-4-2-3-5-17(15)23(22-18)11-9-13-6-7-13/h2-5,8,10,12-13H,6-7,9,11H2,1H3,(H,21,22). The maximum absolute atomic E-state index is 12.0. The third-order valence-electron chi connectivity index (χ3n) is 4.58. The number of esters is 1. The van der Waals surface area contributed by atoms with Gasteiger partial charge in [0.25, 0.3) is 0 Å². The lowest BCUT2D eigenvalue weighted by Crippen LogP contribution is -2.07. The van der Waals surface area contributed by atoms with E-state index in [1.165, 1.54) is 20.0 Å². The Morgan fingerprint density at radius 1 is 1.32 bits per heavy atom. The van der Waals surface area contributed by atoms with Gasteiger partial charge in [0.05, 0.1) is 30.1 Å². The molecule has 25 heavy (non-hydrogen) atoms. The molecule has 2 aromatic heterocycles. The largest absolute Gasteiger partial charge is 0.465 e. The zero-order valence-electron chi connectivity index (χ0n) is 14.1. The summed E-state index contributed by atoms with van der Waals surface area (Å²) in [7, 11) is 1.37. The Hall–Kier alpha value is -2.89. The second kappa shape index (κ2) is 6.55. The van der Waals surface area contributed by atoms with Crippen LogP contribution in [0.25, 0.3) is 10.9 Å². The van der Waals surface area contributed by atoms with Crippen LogP contribution in [-0.2, 0) is 11.3 Å². The van der Waals surface area contributed by atoms with Crippen molar-refractivity contribution in [2.24, 2.45) is 5.92 Å². The molecule has 128 valence electrons. The molecule has 6 nitrogen and oxygen atoms in total. The van der Waals surface area contributed by atoms with Crippen molar-refractivity contribution < 1.29 is 9.53 Å². The number of fused-ring (bicyclic) bond motifs is 1. The van der Waals surface area contributed by atoms with Gasteiger partial charge < -0.3 is 10.1 Å². The number of pyridine rings is 1. The Morgan fingerprint density at radius 3 is 2.96 bits per heavy atom. The smallest absolute Gasteiger partial charge is 0.340 e. The van der Waals surface area contributed by atoms with Crippen LogP contribution in [0.15, 0.2) is 42.7 Å². The van der Waals surface area contributed by atoms with Crippen LogP contribution in [0.2, 0.25) is 0 Å². The molecule has 1 aromatic carbocycles. The highest BCUT2D eigenvalue weighted by Gasteiger charge is 2.22. The minimum absolute atomic E-state index is 0.401. The summed E-state index contributed by atoms with van der Waals surface area (Å²) in [6.07, 6.45) is 7.02. The number of para-hydroxylation sites is 1. The zero-order valence-corrected chi connectivity index (χ0v) is 14.1. The summed E-state index contributed by atoms with van der Waals surface area (Å²) < 4.78 is 6.89. The molecule has 6 heteroatoms. The van der Waals surface area contributed by atoms with Crippen LogP contribution in [0.3, 0.4) is 0 Å². The van der Waals surface area contributed by atoms with Gasteiger partial charge >= 0.3 is 5.97 Å². The third-order valence-corrected chi connectivity index (χ3v) is 4.58. The third kappa shape index (κ3) is 3.20. The van der Waals surface area contributed by atoms with Crippen LogP contribution in [-0.4, -0.2) is 27.8 Å². The van der Waals surface area contributed by atoms with E-state index in [9.17, 15) is 4.79 Å². The maximum Gasteiger partial charge on any atom is 0.340 e. The molecule has 1 saturated carbocycles. The van der Waals surface area contributed by atoms with Gasteiger partial charge in [0.2, 0.25) is 0 Å². The molecule has 0 atom stereocenters.